The van der Waals surface area contributed by atoms with Gasteiger partial charge in [-0.3, -0.25) is 0 Å². The molecule has 0 aliphatic heterocycles. The average molecular weight is 728 g/mol. The Morgan fingerprint density at radius 3 is 1.22 bits per heavy atom. The van der Waals surface area contributed by atoms with Crippen molar-refractivity contribution in [2.24, 2.45) is 11.8 Å². The molecule has 0 rings (SSSR count). The number of hydrogen-bond donors (Lipinski definition) is 2. The molecule has 0 spiro atoms. The first-order valence-corrected chi connectivity index (χ1v) is 24.4. The Hall–Kier alpha value is 0.359. The van der Waals surface area contributed by atoms with Crippen LogP contribution >= 0.6 is 25.3 Å². The van der Waals surface area contributed by atoms with Crippen LogP contribution < -0.4 is 0 Å². The summed E-state index contributed by atoms with van der Waals surface area (Å²) in [6.45, 7) is 10.5. The van der Waals surface area contributed by atoms with Gasteiger partial charge in [0.25, 0.3) is 0 Å². The Bertz CT molecular complexity index is 573. The van der Waals surface area contributed by atoms with Crippen LogP contribution in [0.15, 0.2) is 0 Å². The van der Waals surface area contributed by atoms with E-state index in [9.17, 15) is 9.59 Å². The molecular weight excluding hydrogens is 663 g/mol. The number of hydrogen-bond acceptors (Lipinski definition) is 8. The first kappa shape index (κ1) is 41.4. The molecule has 0 saturated heterocycles. The van der Waals surface area contributed by atoms with Gasteiger partial charge < -0.3 is 0 Å². The van der Waals surface area contributed by atoms with Crippen LogP contribution in [0, 0.1) is 11.8 Å². The van der Waals surface area contributed by atoms with Gasteiger partial charge in [0.05, 0.1) is 0 Å². The van der Waals surface area contributed by atoms with Crippen molar-refractivity contribution in [1.29, 1.82) is 0 Å². The molecule has 244 valence electrons. The van der Waals surface area contributed by atoms with Crippen LogP contribution in [0.2, 0.25) is 8.87 Å². The molecule has 0 aromatic rings. The van der Waals surface area contributed by atoms with E-state index in [1.807, 2.05) is 0 Å². The summed E-state index contributed by atoms with van der Waals surface area (Å²) in [7, 11) is 0. The van der Waals surface area contributed by atoms with Crippen LogP contribution in [0.4, 0.5) is 0 Å². The van der Waals surface area contributed by atoms with E-state index in [1.54, 1.807) is 0 Å². The third-order valence-corrected chi connectivity index (χ3v) is 17.9. The molecule has 0 N–H and O–H groups in total. The Balaban J connectivity index is 5.76. The van der Waals surface area contributed by atoms with Crippen LogP contribution in [0.1, 0.15) is 130 Å². The topological polar surface area (TPSA) is 71.1 Å². The van der Waals surface area contributed by atoms with Crippen molar-refractivity contribution < 1.29 is 25.2 Å². The predicted octanol–water partition coefficient (Wildman–Crippen LogP) is 8.96. The van der Waals surface area contributed by atoms with E-state index in [-0.39, 0.29) is 25.2 Å². The van der Waals surface area contributed by atoms with Crippen molar-refractivity contribution >= 4 is 56.4 Å². The molecule has 0 saturated carbocycles. The quantitative estimate of drug-likeness (QED) is 0.0438. The van der Waals surface area contributed by atoms with Gasteiger partial charge in [0.2, 0.25) is 0 Å². The van der Waals surface area contributed by atoms with Gasteiger partial charge in [-0.2, -0.15) is 0 Å². The van der Waals surface area contributed by atoms with Crippen molar-refractivity contribution in [1.82, 2.24) is 0 Å². The van der Waals surface area contributed by atoms with Gasteiger partial charge in [-0.1, -0.05) is 0 Å². The first-order valence-electron chi connectivity index (χ1n) is 16.8. The molecular formula is C32H64O6S2Sn. The Kier molecular flexibility index (Phi) is 29.3. The van der Waals surface area contributed by atoms with Crippen molar-refractivity contribution in [2.75, 3.05) is 37.9 Å². The molecule has 0 heterocycles. The summed E-state index contributed by atoms with van der Waals surface area (Å²) in [4.78, 5) is 27.1. The molecule has 0 aromatic heterocycles. The van der Waals surface area contributed by atoms with E-state index in [0.717, 1.165) is 64.2 Å². The summed E-state index contributed by atoms with van der Waals surface area (Å²) in [5, 5.41) is 0. The van der Waals surface area contributed by atoms with Gasteiger partial charge in [-0.15, -0.1) is 0 Å². The van der Waals surface area contributed by atoms with Gasteiger partial charge in [-0.05, 0) is 0 Å². The molecule has 0 aliphatic rings. The van der Waals surface area contributed by atoms with Crippen LogP contribution in [0.3, 0.4) is 0 Å². The summed E-state index contributed by atoms with van der Waals surface area (Å²) >= 11 is 4.71. The standard InChI is InChI=1S/2C8H16O3S.2C8H17.Sn/c2*1-2-3-4-11-5-7(6-12)8(9)10;2*1-3-5-7-8-6-4-2;/h2*7,12H,2-6H2,1H3,(H,9,10);2*1,3-8H2,2H3;/q;;;;+2/p-2. The molecule has 0 amide bonds. The second-order valence-electron chi connectivity index (χ2n) is 11.4. The van der Waals surface area contributed by atoms with Crippen molar-refractivity contribution in [3.8, 4) is 0 Å². The van der Waals surface area contributed by atoms with E-state index in [4.69, 9.17) is 15.6 Å². The number of rotatable bonds is 30. The summed E-state index contributed by atoms with van der Waals surface area (Å²) in [5.41, 5.74) is 0. The summed E-state index contributed by atoms with van der Waals surface area (Å²) in [5.74, 6) is -0.842. The first-order chi connectivity index (χ1) is 19.9. The van der Waals surface area contributed by atoms with Crippen molar-refractivity contribution in [3.05, 3.63) is 0 Å². The second-order valence-corrected chi connectivity index (χ2v) is 21.4. The number of thiol groups is 2. The van der Waals surface area contributed by atoms with Crippen molar-refractivity contribution in [3.63, 3.8) is 0 Å². The Labute approximate surface area is 269 Å². The fraction of sp³-hybridized carbons (Fsp3) is 0.938. The maximum absolute atomic E-state index is 13.5. The zero-order valence-corrected chi connectivity index (χ0v) is 31.6. The fourth-order valence-corrected chi connectivity index (χ4v) is 14.6. The Morgan fingerprint density at radius 1 is 0.537 bits per heavy atom. The molecule has 2 unspecified atom stereocenters. The summed E-state index contributed by atoms with van der Waals surface area (Å²) in [6, 6.07) is 0. The third kappa shape index (κ3) is 21.7. The van der Waals surface area contributed by atoms with Gasteiger partial charge in [0.1, 0.15) is 0 Å². The summed E-state index contributed by atoms with van der Waals surface area (Å²) in [6.07, 6.45) is 17.6. The molecule has 0 bridgehead atoms. The summed E-state index contributed by atoms with van der Waals surface area (Å²) < 4.78 is 25.9. The van der Waals surface area contributed by atoms with Gasteiger partial charge in [0.15, 0.2) is 0 Å². The third-order valence-electron chi connectivity index (χ3n) is 7.43. The van der Waals surface area contributed by atoms with Gasteiger partial charge in [-0.25, -0.2) is 0 Å². The predicted molar refractivity (Wildman–Crippen MR) is 180 cm³/mol. The van der Waals surface area contributed by atoms with E-state index in [1.165, 1.54) is 38.5 Å². The van der Waals surface area contributed by atoms with Crippen LogP contribution in [-0.2, 0) is 25.2 Å². The molecule has 2 atom stereocenters. The molecule has 0 fully saturated rings. The number of unbranched alkanes of at least 4 members (excludes halogenated alkanes) is 12. The van der Waals surface area contributed by atoms with E-state index >= 15 is 0 Å². The van der Waals surface area contributed by atoms with Gasteiger partial charge in [0, 0.05) is 0 Å². The van der Waals surface area contributed by atoms with E-state index in [0.29, 0.717) is 33.6 Å². The van der Waals surface area contributed by atoms with Crippen LogP contribution in [-0.4, -0.2) is 69.1 Å². The zero-order chi connectivity index (χ0) is 30.6. The maximum atomic E-state index is 13.5. The van der Waals surface area contributed by atoms with E-state index in [2.05, 4.69) is 53.0 Å². The monoisotopic (exact) mass is 728 g/mol. The van der Waals surface area contributed by atoms with Crippen LogP contribution in [0.5, 0.6) is 0 Å². The number of carbonyl (C=O) groups excluding carboxylic acids is 2. The number of carbonyl (C=O) groups is 2. The Morgan fingerprint density at radius 2 is 0.878 bits per heavy atom. The minimum absolute atomic E-state index is 0.288. The normalized spacial score (nSPS) is 13.2. The molecule has 6 nitrogen and oxygen atoms in total. The molecule has 0 aliphatic carbocycles. The van der Waals surface area contributed by atoms with E-state index < -0.39 is 31.0 Å². The van der Waals surface area contributed by atoms with Crippen molar-refractivity contribution in [2.45, 2.75) is 139 Å². The molecule has 9 heteroatoms. The molecule has 41 heavy (non-hydrogen) atoms. The second kappa shape index (κ2) is 29.1. The number of ether oxygens (including phenoxy) is 2. The average Bonchev–Trinajstić information content (AvgIpc) is 2.96. The molecule has 0 radical (unpaired) electrons. The zero-order valence-electron chi connectivity index (χ0n) is 27.0. The van der Waals surface area contributed by atoms with Gasteiger partial charge >= 0.3 is 271 Å². The van der Waals surface area contributed by atoms with Crippen LogP contribution in [0.25, 0.3) is 0 Å². The SMILES string of the molecule is CCCCCCC[CH2][Sn]([CH2]CCCCCCC)([O]C(=O)C(CS)COCCCC)[O]C(=O)C(CS)COCCCC. The molecule has 0 aromatic carbocycles. The fourth-order valence-electron chi connectivity index (χ4n) is 4.57. The minimum atomic E-state index is -4.18.